The van der Waals surface area contributed by atoms with E-state index in [2.05, 4.69) is 0 Å². The molecule has 5 heteroatoms. The molecule has 0 fully saturated rings. The summed E-state index contributed by atoms with van der Waals surface area (Å²) in [6.07, 6.45) is 0. The minimum Gasteiger partial charge on any atom is -0.491 e. The monoisotopic (exact) mass is 302 g/mol. The average Bonchev–Trinajstić information content (AvgIpc) is 2.71. The number of hydrogen-bond donors (Lipinski definition) is 1. The third kappa shape index (κ3) is 2.81. The lowest BCUT2D eigenvalue weighted by atomic mass is 10.1. The molecule has 1 amide bonds. The Balaban J connectivity index is 1.86. The number of carbonyl (C=O) groups is 1. The predicted molar refractivity (Wildman–Crippen MR) is 82.5 cm³/mol. The largest absolute Gasteiger partial charge is 0.491 e. The van der Waals surface area contributed by atoms with Gasteiger partial charge in [0.1, 0.15) is 12.4 Å². The first-order valence-electron chi connectivity index (χ1n) is 6.70. The van der Waals surface area contributed by atoms with Crippen molar-refractivity contribution in [1.82, 2.24) is 4.90 Å². The standard InChI is InChI=1S/C16H15ClN2O2/c17-13-6-5-11(9-14(13)18)16(20)19-7-8-21-15-4-2-1-3-12(15)10-19/h1-6,9H,7-8,10,18H2. The number of rotatable bonds is 1. The maximum atomic E-state index is 12.6. The molecule has 0 spiro atoms. The van der Waals surface area contributed by atoms with Gasteiger partial charge in [0.2, 0.25) is 0 Å². The quantitative estimate of drug-likeness (QED) is 0.824. The molecule has 2 aromatic rings. The summed E-state index contributed by atoms with van der Waals surface area (Å²) in [4.78, 5) is 14.4. The van der Waals surface area contributed by atoms with Crippen molar-refractivity contribution in [1.29, 1.82) is 0 Å². The first-order chi connectivity index (χ1) is 10.1. The highest BCUT2D eigenvalue weighted by Crippen LogP contribution is 2.25. The minimum absolute atomic E-state index is 0.0707. The van der Waals surface area contributed by atoms with E-state index in [1.165, 1.54) is 0 Å². The predicted octanol–water partition coefficient (Wildman–Crippen LogP) is 2.96. The Hall–Kier alpha value is -2.20. The number of ether oxygens (including phenoxy) is 1. The van der Waals surface area contributed by atoms with Crippen LogP contribution in [0.2, 0.25) is 5.02 Å². The van der Waals surface area contributed by atoms with Gasteiger partial charge in [-0.05, 0) is 24.3 Å². The van der Waals surface area contributed by atoms with E-state index in [9.17, 15) is 4.79 Å². The van der Waals surface area contributed by atoms with Crippen LogP contribution in [0.15, 0.2) is 42.5 Å². The fourth-order valence-electron chi connectivity index (χ4n) is 2.36. The van der Waals surface area contributed by atoms with Crippen LogP contribution in [0.4, 0.5) is 5.69 Å². The maximum Gasteiger partial charge on any atom is 0.254 e. The van der Waals surface area contributed by atoms with E-state index >= 15 is 0 Å². The van der Waals surface area contributed by atoms with Gasteiger partial charge in [0.15, 0.2) is 0 Å². The number of fused-ring (bicyclic) bond motifs is 1. The lowest BCUT2D eigenvalue weighted by Crippen LogP contribution is -2.32. The van der Waals surface area contributed by atoms with Gasteiger partial charge in [-0.3, -0.25) is 4.79 Å². The summed E-state index contributed by atoms with van der Waals surface area (Å²) in [7, 11) is 0. The Bertz CT molecular complexity index is 688. The Labute approximate surface area is 128 Å². The summed E-state index contributed by atoms with van der Waals surface area (Å²) < 4.78 is 5.67. The Kier molecular flexibility index (Phi) is 3.71. The van der Waals surface area contributed by atoms with E-state index < -0.39 is 0 Å². The van der Waals surface area contributed by atoms with Crippen molar-refractivity contribution in [3.8, 4) is 5.75 Å². The van der Waals surface area contributed by atoms with Gasteiger partial charge >= 0.3 is 0 Å². The SMILES string of the molecule is Nc1cc(C(=O)N2CCOc3ccccc3C2)ccc1Cl. The van der Waals surface area contributed by atoms with Crippen molar-refractivity contribution < 1.29 is 9.53 Å². The lowest BCUT2D eigenvalue weighted by molar-refractivity contribution is 0.0733. The summed E-state index contributed by atoms with van der Waals surface area (Å²) in [5.41, 5.74) is 7.72. The second-order valence-corrected chi connectivity index (χ2v) is 5.33. The van der Waals surface area contributed by atoms with Gasteiger partial charge in [-0.25, -0.2) is 0 Å². The van der Waals surface area contributed by atoms with Crippen LogP contribution in [0, 0.1) is 0 Å². The molecule has 21 heavy (non-hydrogen) atoms. The molecule has 0 aliphatic carbocycles. The molecule has 3 rings (SSSR count). The fourth-order valence-corrected chi connectivity index (χ4v) is 2.48. The molecule has 108 valence electrons. The van der Waals surface area contributed by atoms with Gasteiger partial charge in [0.05, 0.1) is 17.3 Å². The third-order valence-electron chi connectivity index (χ3n) is 3.48. The van der Waals surface area contributed by atoms with Crippen molar-refractivity contribution >= 4 is 23.2 Å². The Morgan fingerprint density at radius 3 is 2.86 bits per heavy atom. The molecular formula is C16H15ClN2O2. The first kappa shape index (κ1) is 13.8. The number of nitrogens with two attached hydrogens (primary N) is 1. The number of para-hydroxylation sites is 1. The smallest absolute Gasteiger partial charge is 0.254 e. The molecule has 1 heterocycles. The van der Waals surface area contributed by atoms with Crippen molar-refractivity contribution in [3.05, 3.63) is 58.6 Å². The Morgan fingerprint density at radius 1 is 1.24 bits per heavy atom. The van der Waals surface area contributed by atoms with Crippen molar-refractivity contribution in [2.45, 2.75) is 6.54 Å². The molecule has 0 saturated heterocycles. The number of hydrogen-bond acceptors (Lipinski definition) is 3. The number of benzene rings is 2. The zero-order valence-electron chi connectivity index (χ0n) is 11.4. The van der Waals surface area contributed by atoms with Gasteiger partial charge < -0.3 is 15.4 Å². The first-order valence-corrected chi connectivity index (χ1v) is 7.08. The molecule has 0 atom stereocenters. The number of nitrogens with zero attached hydrogens (tertiary/aromatic N) is 1. The van der Waals surface area contributed by atoms with Crippen molar-refractivity contribution in [3.63, 3.8) is 0 Å². The molecule has 1 aliphatic rings. The van der Waals surface area contributed by atoms with E-state index in [1.807, 2.05) is 24.3 Å². The molecule has 0 unspecified atom stereocenters. The summed E-state index contributed by atoms with van der Waals surface area (Å²) in [6.45, 7) is 1.54. The number of amides is 1. The van der Waals surface area contributed by atoms with Gasteiger partial charge in [0.25, 0.3) is 5.91 Å². The van der Waals surface area contributed by atoms with Crippen molar-refractivity contribution in [2.75, 3.05) is 18.9 Å². The number of nitrogen functional groups attached to an aromatic ring is 1. The molecule has 4 nitrogen and oxygen atoms in total. The molecule has 1 aliphatic heterocycles. The van der Waals surface area contributed by atoms with Crippen LogP contribution in [0.5, 0.6) is 5.75 Å². The topological polar surface area (TPSA) is 55.6 Å². The van der Waals surface area contributed by atoms with E-state index in [1.54, 1.807) is 23.1 Å². The van der Waals surface area contributed by atoms with E-state index in [-0.39, 0.29) is 5.91 Å². The highest BCUT2D eigenvalue weighted by Gasteiger charge is 2.21. The molecule has 2 aromatic carbocycles. The van der Waals surface area contributed by atoms with Crippen molar-refractivity contribution in [2.24, 2.45) is 0 Å². The van der Waals surface area contributed by atoms with Crippen LogP contribution in [0.1, 0.15) is 15.9 Å². The molecule has 0 aromatic heterocycles. The molecule has 0 radical (unpaired) electrons. The van der Waals surface area contributed by atoms with E-state index in [4.69, 9.17) is 22.1 Å². The number of carbonyl (C=O) groups excluding carboxylic acids is 1. The summed E-state index contributed by atoms with van der Waals surface area (Å²) >= 11 is 5.89. The Morgan fingerprint density at radius 2 is 2.05 bits per heavy atom. The van der Waals surface area contributed by atoms with Crippen LogP contribution in [-0.4, -0.2) is 24.0 Å². The lowest BCUT2D eigenvalue weighted by Gasteiger charge is -2.20. The normalized spacial score (nSPS) is 14.0. The molecule has 2 N–H and O–H groups in total. The molecule has 0 bridgehead atoms. The third-order valence-corrected chi connectivity index (χ3v) is 3.83. The van der Waals surface area contributed by atoms with Gasteiger partial charge in [0, 0.05) is 17.7 Å². The van der Waals surface area contributed by atoms with Crippen LogP contribution >= 0.6 is 11.6 Å². The van der Waals surface area contributed by atoms with Gasteiger partial charge in [-0.1, -0.05) is 29.8 Å². The van der Waals surface area contributed by atoms with Gasteiger partial charge in [-0.2, -0.15) is 0 Å². The number of halogens is 1. The van der Waals surface area contributed by atoms with Gasteiger partial charge in [-0.15, -0.1) is 0 Å². The van der Waals surface area contributed by atoms with Crippen LogP contribution < -0.4 is 10.5 Å². The second-order valence-electron chi connectivity index (χ2n) is 4.92. The summed E-state index contributed by atoms with van der Waals surface area (Å²) in [5, 5.41) is 0.455. The maximum absolute atomic E-state index is 12.6. The van der Waals surface area contributed by atoms with Crippen LogP contribution in [-0.2, 0) is 6.54 Å². The summed E-state index contributed by atoms with van der Waals surface area (Å²) in [6, 6.07) is 12.7. The highest BCUT2D eigenvalue weighted by molar-refractivity contribution is 6.33. The van der Waals surface area contributed by atoms with Crippen LogP contribution in [0.3, 0.4) is 0 Å². The second kappa shape index (κ2) is 5.66. The van der Waals surface area contributed by atoms with E-state index in [0.29, 0.717) is 36.0 Å². The van der Waals surface area contributed by atoms with E-state index in [0.717, 1.165) is 11.3 Å². The minimum atomic E-state index is -0.0707. The fraction of sp³-hybridized carbons (Fsp3) is 0.188. The molecule has 0 saturated carbocycles. The highest BCUT2D eigenvalue weighted by atomic mass is 35.5. The zero-order chi connectivity index (χ0) is 14.8. The number of anilines is 1. The average molecular weight is 303 g/mol. The summed E-state index contributed by atoms with van der Waals surface area (Å²) in [5.74, 6) is 0.766. The molecular weight excluding hydrogens is 288 g/mol. The zero-order valence-corrected chi connectivity index (χ0v) is 12.1. The van der Waals surface area contributed by atoms with Crippen LogP contribution in [0.25, 0.3) is 0 Å².